The number of aliphatic hydroxyl groups excluding tert-OH is 1. The molecule has 7 nitrogen and oxygen atoms in total. The smallest absolute Gasteiger partial charge is 0.408 e. The Morgan fingerprint density at radius 1 is 1.23 bits per heavy atom. The van der Waals surface area contributed by atoms with Crippen molar-refractivity contribution >= 4 is 20.4 Å². The summed E-state index contributed by atoms with van der Waals surface area (Å²) in [6.45, 7) is 6.52. The highest BCUT2D eigenvalue weighted by atomic mass is 28.4. The molecule has 8 heteroatoms. The number of hydrogen-bond acceptors (Lipinski definition) is 6. The number of esters is 1. The molecule has 0 saturated carbocycles. The Labute approximate surface area is 184 Å². The van der Waals surface area contributed by atoms with Crippen LogP contribution in [0.5, 0.6) is 0 Å². The molecule has 0 bridgehead atoms. The van der Waals surface area contributed by atoms with Gasteiger partial charge < -0.3 is 24.3 Å². The van der Waals surface area contributed by atoms with Crippen molar-refractivity contribution in [1.29, 1.82) is 0 Å². The number of rotatable bonds is 8. The van der Waals surface area contributed by atoms with Crippen LogP contribution in [0.25, 0.3) is 0 Å². The van der Waals surface area contributed by atoms with Crippen LogP contribution in [-0.2, 0) is 25.3 Å². The number of alkyl carbamates (subject to hydrolysis) is 1. The minimum Gasteiger partial charge on any atom is -0.450 e. The van der Waals surface area contributed by atoms with Gasteiger partial charge in [0.2, 0.25) is 0 Å². The van der Waals surface area contributed by atoms with E-state index in [0.29, 0.717) is 6.42 Å². The summed E-state index contributed by atoms with van der Waals surface area (Å²) in [6, 6.07) is 11.4. The van der Waals surface area contributed by atoms with Gasteiger partial charge in [0.1, 0.15) is 12.6 Å². The molecule has 3 rings (SSSR count). The first-order chi connectivity index (χ1) is 14.8. The zero-order valence-corrected chi connectivity index (χ0v) is 19.5. The molecule has 2 N–H and O–H groups in total. The molecule has 4 atom stereocenters. The standard InChI is InChI=1S/C23H33NO6Si/c1-4-31(5-2,6-3)30-20-14-18(25)12-13-23(20)15-19(21(26)29-23)24-22(27)28-16-17-10-8-7-9-11-17/h7-13,18-20,25H,4-6,14-16H2,1-3H3,(H,24,27)/t18-,19-,20-,23+/m0/s1. The van der Waals surface area contributed by atoms with Crippen molar-refractivity contribution in [3.05, 3.63) is 48.0 Å². The lowest BCUT2D eigenvalue weighted by atomic mass is 9.83. The average molecular weight is 448 g/mol. The second-order valence-corrected chi connectivity index (χ2v) is 13.1. The molecule has 1 aliphatic carbocycles. The molecule has 1 aromatic rings. The van der Waals surface area contributed by atoms with Gasteiger partial charge in [-0.1, -0.05) is 57.2 Å². The number of aliphatic hydroxyl groups is 1. The normalized spacial score (nSPS) is 27.9. The third-order valence-corrected chi connectivity index (χ3v) is 11.2. The number of hydrogen-bond donors (Lipinski definition) is 2. The van der Waals surface area contributed by atoms with E-state index in [1.165, 1.54) is 0 Å². The average Bonchev–Trinajstić information content (AvgIpc) is 3.09. The van der Waals surface area contributed by atoms with Crippen LogP contribution in [0.2, 0.25) is 18.1 Å². The second-order valence-electron chi connectivity index (χ2n) is 8.35. The Bertz CT molecular complexity index is 788. The monoisotopic (exact) mass is 447 g/mol. The van der Waals surface area contributed by atoms with Gasteiger partial charge in [-0.2, -0.15) is 0 Å². The first kappa shape index (κ1) is 23.5. The number of benzene rings is 1. The van der Waals surface area contributed by atoms with E-state index in [1.807, 2.05) is 30.3 Å². The summed E-state index contributed by atoms with van der Waals surface area (Å²) in [5.41, 5.74) is -0.119. The maximum Gasteiger partial charge on any atom is 0.408 e. The number of amides is 1. The summed E-state index contributed by atoms with van der Waals surface area (Å²) in [5.74, 6) is -0.511. The van der Waals surface area contributed by atoms with Gasteiger partial charge in [0.15, 0.2) is 13.9 Å². The highest BCUT2D eigenvalue weighted by Gasteiger charge is 2.54. The molecular formula is C23H33NO6Si. The Morgan fingerprint density at radius 3 is 2.55 bits per heavy atom. The van der Waals surface area contributed by atoms with Crippen molar-refractivity contribution in [2.45, 2.75) is 82.2 Å². The molecule has 1 heterocycles. The summed E-state index contributed by atoms with van der Waals surface area (Å²) in [5, 5.41) is 12.8. The SMILES string of the molecule is CC[Si](CC)(CC)O[C@H]1C[C@@H](O)C=C[C@@]12C[C@H](NC(=O)OCc1ccccc1)C(=O)O2. The van der Waals surface area contributed by atoms with Gasteiger partial charge >= 0.3 is 12.1 Å². The van der Waals surface area contributed by atoms with E-state index in [0.717, 1.165) is 23.7 Å². The van der Waals surface area contributed by atoms with Crippen molar-refractivity contribution in [2.24, 2.45) is 0 Å². The van der Waals surface area contributed by atoms with E-state index in [1.54, 1.807) is 12.2 Å². The molecule has 1 fully saturated rings. The fourth-order valence-corrected chi connectivity index (χ4v) is 7.25. The topological polar surface area (TPSA) is 94.1 Å². The molecule has 1 aromatic carbocycles. The van der Waals surface area contributed by atoms with Crippen molar-refractivity contribution in [3.63, 3.8) is 0 Å². The van der Waals surface area contributed by atoms with Gasteiger partial charge in [0.25, 0.3) is 0 Å². The summed E-state index contributed by atoms with van der Waals surface area (Å²) >= 11 is 0. The van der Waals surface area contributed by atoms with Crippen LogP contribution in [0, 0.1) is 0 Å². The number of carbonyl (C=O) groups excluding carboxylic acids is 2. The first-order valence-corrected chi connectivity index (χ1v) is 13.6. The molecule has 170 valence electrons. The van der Waals surface area contributed by atoms with Gasteiger partial charge in [0, 0.05) is 12.8 Å². The Morgan fingerprint density at radius 2 is 1.90 bits per heavy atom. The molecule has 0 aromatic heterocycles. The third kappa shape index (κ3) is 5.37. The zero-order chi connectivity index (χ0) is 22.5. The molecule has 1 amide bonds. The Kier molecular flexibility index (Phi) is 7.56. The van der Waals surface area contributed by atoms with Crippen molar-refractivity contribution in [3.8, 4) is 0 Å². The molecule has 31 heavy (non-hydrogen) atoms. The van der Waals surface area contributed by atoms with Crippen LogP contribution in [0.4, 0.5) is 4.79 Å². The summed E-state index contributed by atoms with van der Waals surface area (Å²) in [4.78, 5) is 24.9. The predicted octanol–water partition coefficient (Wildman–Crippen LogP) is 3.68. The zero-order valence-electron chi connectivity index (χ0n) is 18.5. The third-order valence-electron chi connectivity index (χ3n) is 6.53. The Hall–Kier alpha value is -2.16. The van der Waals surface area contributed by atoms with E-state index in [4.69, 9.17) is 13.9 Å². The number of ether oxygens (including phenoxy) is 2. The van der Waals surface area contributed by atoms with E-state index in [9.17, 15) is 14.7 Å². The number of carbonyl (C=O) groups is 2. The predicted molar refractivity (Wildman–Crippen MR) is 119 cm³/mol. The van der Waals surface area contributed by atoms with Crippen molar-refractivity contribution in [2.75, 3.05) is 0 Å². The molecule has 1 spiro atoms. The van der Waals surface area contributed by atoms with E-state index < -0.39 is 44.2 Å². The molecular weight excluding hydrogens is 414 g/mol. The molecule has 2 aliphatic rings. The van der Waals surface area contributed by atoms with E-state index in [-0.39, 0.29) is 13.0 Å². The van der Waals surface area contributed by atoms with Crippen LogP contribution < -0.4 is 5.32 Å². The van der Waals surface area contributed by atoms with Gasteiger partial charge in [0.05, 0.1) is 12.2 Å². The van der Waals surface area contributed by atoms with Gasteiger partial charge in [-0.05, 0) is 29.8 Å². The summed E-state index contributed by atoms with van der Waals surface area (Å²) in [7, 11) is -2.00. The lowest BCUT2D eigenvalue weighted by Gasteiger charge is -2.43. The van der Waals surface area contributed by atoms with Crippen molar-refractivity contribution in [1.82, 2.24) is 5.32 Å². The first-order valence-electron chi connectivity index (χ1n) is 11.1. The van der Waals surface area contributed by atoms with Gasteiger partial charge in [-0.15, -0.1) is 0 Å². The van der Waals surface area contributed by atoms with Crippen LogP contribution in [0.15, 0.2) is 42.5 Å². The molecule has 0 unspecified atom stereocenters. The van der Waals surface area contributed by atoms with Crippen molar-refractivity contribution < 1.29 is 28.6 Å². The van der Waals surface area contributed by atoms with Gasteiger partial charge in [-0.3, -0.25) is 0 Å². The van der Waals surface area contributed by atoms with Crippen LogP contribution in [-0.4, -0.2) is 49.3 Å². The minimum absolute atomic E-state index is 0.120. The summed E-state index contributed by atoms with van der Waals surface area (Å²) < 4.78 is 17.7. The van der Waals surface area contributed by atoms with Crippen LogP contribution in [0.1, 0.15) is 39.2 Å². The quantitative estimate of drug-likeness (QED) is 0.359. The Balaban J connectivity index is 1.68. The maximum atomic E-state index is 12.6. The lowest BCUT2D eigenvalue weighted by molar-refractivity contribution is -0.154. The fourth-order valence-electron chi connectivity index (χ4n) is 4.35. The largest absolute Gasteiger partial charge is 0.450 e. The maximum absolute atomic E-state index is 12.6. The van der Waals surface area contributed by atoms with Crippen LogP contribution >= 0.6 is 0 Å². The van der Waals surface area contributed by atoms with Gasteiger partial charge in [-0.25, -0.2) is 9.59 Å². The number of nitrogens with one attached hydrogen (secondary N) is 1. The highest BCUT2D eigenvalue weighted by Crippen LogP contribution is 2.41. The lowest BCUT2D eigenvalue weighted by Crippen LogP contribution is -2.53. The molecule has 0 radical (unpaired) electrons. The van der Waals surface area contributed by atoms with E-state index >= 15 is 0 Å². The second kappa shape index (κ2) is 9.97. The molecule has 1 saturated heterocycles. The molecule has 1 aliphatic heterocycles. The van der Waals surface area contributed by atoms with E-state index in [2.05, 4.69) is 26.1 Å². The fraction of sp³-hybridized carbons (Fsp3) is 0.565. The van der Waals surface area contributed by atoms with Crippen LogP contribution in [0.3, 0.4) is 0 Å². The summed E-state index contributed by atoms with van der Waals surface area (Å²) in [6.07, 6.45) is 2.26. The minimum atomic E-state index is -2.00. The highest BCUT2D eigenvalue weighted by molar-refractivity contribution is 6.73.